The van der Waals surface area contributed by atoms with Crippen LogP contribution in [0.4, 0.5) is 0 Å². The minimum Gasteiger partial charge on any atom is -0.459 e. The summed E-state index contributed by atoms with van der Waals surface area (Å²) in [5, 5.41) is 8.74. The van der Waals surface area contributed by atoms with E-state index < -0.39 is 0 Å². The van der Waals surface area contributed by atoms with E-state index in [1.165, 1.54) is 5.56 Å². The van der Waals surface area contributed by atoms with Gasteiger partial charge in [-0.3, -0.25) is 4.90 Å². The fraction of sp³-hybridized carbons (Fsp3) is 0.200. The molecule has 0 N–H and O–H groups in total. The van der Waals surface area contributed by atoms with Crippen molar-refractivity contribution in [3.63, 3.8) is 0 Å². The molecule has 0 unspecified atom stereocenters. The summed E-state index contributed by atoms with van der Waals surface area (Å²) in [4.78, 5) is 2.09. The quantitative estimate of drug-likeness (QED) is 0.720. The molecule has 0 atom stereocenters. The molecule has 0 amide bonds. The SMILES string of the molecule is CN(Cc1ccc(Cl)cc1)Cc1nnc(-c2ccco2)o1. The molecule has 0 aliphatic heterocycles. The summed E-state index contributed by atoms with van der Waals surface area (Å²) in [5.74, 6) is 1.53. The average Bonchev–Trinajstić information content (AvgIpc) is 3.12. The molecule has 6 heteroatoms. The highest BCUT2D eigenvalue weighted by Gasteiger charge is 2.12. The predicted octanol–water partition coefficient (Wildman–Crippen LogP) is 3.62. The van der Waals surface area contributed by atoms with Gasteiger partial charge in [-0.05, 0) is 36.9 Å². The van der Waals surface area contributed by atoms with Crippen molar-refractivity contribution >= 4 is 11.6 Å². The molecule has 0 saturated carbocycles. The van der Waals surface area contributed by atoms with Gasteiger partial charge in [0.05, 0.1) is 12.8 Å². The number of aromatic nitrogens is 2. The van der Waals surface area contributed by atoms with Crippen molar-refractivity contribution in [2.45, 2.75) is 13.1 Å². The maximum absolute atomic E-state index is 5.87. The molecular formula is C15H14ClN3O2. The summed E-state index contributed by atoms with van der Waals surface area (Å²) in [7, 11) is 1.99. The zero-order chi connectivity index (χ0) is 14.7. The van der Waals surface area contributed by atoms with Gasteiger partial charge in [0.15, 0.2) is 5.76 Å². The van der Waals surface area contributed by atoms with Gasteiger partial charge in [0.2, 0.25) is 5.89 Å². The third kappa shape index (κ3) is 3.51. The van der Waals surface area contributed by atoms with E-state index in [1.807, 2.05) is 31.3 Å². The minimum atomic E-state index is 0.398. The Kier molecular flexibility index (Phi) is 4.03. The van der Waals surface area contributed by atoms with Gasteiger partial charge in [0.1, 0.15) is 0 Å². The highest BCUT2D eigenvalue weighted by Crippen LogP contribution is 2.18. The molecule has 3 rings (SSSR count). The Hall–Kier alpha value is -2.11. The highest BCUT2D eigenvalue weighted by molar-refractivity contribution is 6.30. The molecule has 0 saturated heterocycles. The summed E-state index contributed by atoms with van der Waals surface area (Å²) >= 11 is 5.87. The van der Waals surface area contributed by atoms with E-state index >= 15 is 0 Å². The zero-order valence-corrected chi connectivity index (χ0v) is 12.2. The van der Waals surface area contributed by atoms with Crippen LogP contribution in [0.15, 0.2) is 51.5 Å². The monoisotopic (exact) mass is 303 g/mol. The second-order valence-corrected chi connectivity index (χ2v) is 5.21. The van der Waals surface area contributed by atoms with E-state index in [9.17, 15) is 0 Å². The summed E-state index contributed by atoms with van der Waals surface area (Å²) in [6.07, 6.45) is 1.58. The van der Waals surface area contributed by atoms with E-state index in [0.29, 0.717) is 24.1 Å². The van der Waals surface area contributed by atoms with E-state index in [2.05, 4.69) is 15.1 Å². The lowest BCUT2D eigenvalue weighted by molar-refractivity contribution is 0.282. The number of benzene rings is 1. The van der Waals surface area contributed by atoms with Crippen molar-refractivity contribution in [3.05, 3.63) is 59.1 Å². The maximum atomic E-state index is 5.87. The molecule has 2 heterocycles. The number of furan rings is 1. The van der Waals surface area contributed by atoms with Gasteiger partial charge in [0.25, 0.3) is 5.89 Å². The van der Waals surface area contributed by atoms with Crippen LogP contribution in [0.3, 0.4) is 0 Å². The van der Waals surface area contributed by atoms with Crippen molar-refractivity contribution in [1.29, 1.82) is 0 Å². The molecule has 1 aromatic carbocycles. The molecule has 0 bridgehead atoms. The maximum Gasteiger partial charge on any atom is 0.283 e. The van der Waals surface area contributed by atoms with Crippen molar-refractivity contribution in [2.75, 3.05) is 7.05 Å². The van der Waals surface area contributed by atoms with Crippen LogP contribution in [0, 0.1) is 0 Å². The van der Waals surface area contributed by atoms with Crippen LogP contribution < -0.4 is 0 Å². The number of nitrogens with zero attached hydrogens (tertiary/aromatic N) is 3. The molecule has 0 aliphatic carbocycles. The summed E-state index contributed by atoms with van der Waals surface area (Å²) in [6, 6.07) is 11.3. The standard InChI is InChI=1S/C15H14ClN3O2/c1-19(9-11-4-6-12(16)7-5-11)10-14-17-18-15(21-14)13-3-2-8-20-13/h2-8H,9-10H2,1H3. The Morgan fingerprint density at radius 3 is 2.62 bits per heavy atom. The van der Waals surface area contributed by atoms with Gasteiger partial charge in [-0.25, -0.2) is 0 Å². The fourth-order valence-electron chi connectivity index (χ4n) is 2.01. The van der Waals surface area contributed by atoms with Crippen LogP contribution in [0.1, 0.15) is 11.5 Å². The third-order valence-corrected chi connectivity index (χ3v) is 3.22. The predicted molar refractivity (Wildman–Crippen MR) is 78.6 cm³/mol. The molecule has 0 aliphatic rings. The van der Waals surface area contributed by atoms with Gasteiger partial charge in [-0.2, -0.15) is 0 Å². The molecular weight excluding hydrogens is 290 g/mol. The molecule has 0 radical (unpaired) electrons. The van der Waals surface area contributed by atoms with Crippen molar-refractivity contribution in [1.82, 2.24) is 15.1 Å². The van der Waals surface area contributed by atoms with Crippen LogP contribution in [0.25, 0.3) is 11.7 Å². The molecule has 108 valence electrons. The summed E-state index contributed by atoms with van der Waals surface area (Å²) in [5.41, 5.74) is 1.17. The summed E-state index contributed by atoms with van der Waals surface area (Å²) < 4.78 is 10.8. The first kappa shape index (κ1) is 13.9. The Morgan fingerprint density at radius 1 is 1.10 bits per heavy atom. The van der Waals surface area contributed by atoms with Crippen molar-refractivity contribution in [3.8, 4) is 11.7 Å². The van der Waals surface area contributed by atoms with Gasteiger partial charge in [-0.1, -0.05) is 23.7 Å². The van der Waals surface area contributed by atoms with Crippen LogP contribution in [0.5, 0.6) is 0 Å². The average molecular weight is 304 g/mol. The highest BCUT2D eigenvalue weighted by atomic mass is 35.5. The molecule has 3 aromatic rings. The number of hydrogen-bond donors (Lipinski definition) is 0. The molecule has 21 heavy (non-hydrogen) atoms. The second kappa shape index (κ2) is 6.11. The van der Waals surface area contributed by atoms with Crippen LogP contribution >= 0.6 is 11.6 Å². The smallest absolute Gasteiger partial charge is 0.283 e. The Labute approximate surface area is 127 Å². The van der Waals surface area contributed by atoms with E-state index in [-0.39, 0.29) is 0 Å². The van der Waals surface area contributed by atoms with E-state index in [1.54, 1.807) is 18.4 Å². The largest absolute Gasteiger partial charge is 0.459 e. The third-order valence-electron chi connectivity index (χ3n) is 2.97. The lowest BCUT2D eigenvalue weighted by Gasteiger charge is -2.14. The van der Waals surface area contributed by atoms with Gasteiger partial charge >= 0.3 is 0 Å². The van der Waals surface area contributed by atoms with Gasteiger partial charge < -0.3 is 8.83 Å². The van der Waals surface area contributed by atoms with Crippen LogP contribution in [0.2, 0.25) is 5.02 Å². The van der Waals surface area contributed by atoms with Crippen molar-refractivity contribution < 1.29 is 8.83 Å². The topological polar surface area (TPSA) is 55.3 Å². The molecule has 5 nitrogen and oxygen atoms in total. The Balaban J connectivity index is 1.62. The first-order valence-electron chi connectivity index (χ1n) is 6.50. The number of hydrogen-bond acceptors (Lipinski definition) is 5. The second-order valence-electron chi connectivity index (χ2n) is 4.78. The summed E-state index contributed by atoms with van der Waals surface area (Å²) in [6.45, 7) is 1.34. The Bertz CT molecular complexity index is 692. The normalized spacial score (nSPS) is 11.2. The fourth-order valence-corrected chi connectivity index (χ4v) is 2.13. The van der Waals surface area contributed by atoms with Crippen molar-refractivity contribution in [2.24, 2.45) is 0 Å². The zero-order valence-electron chi connectivity index (χ0n) is 11.5. The van der Waals surface area contributed by atoms with E-state index in [0.717, 1.165) is 11.6 Å². The van der Waals surface area contributed by atoms with Gasteiger partial charge in [0, 0.05) is 11.6 Å². The van der Waals surface area contributed by atoms with Crippen LogP contribution in [-0.4, -0.2) is 22.1 Å². The molecule has 0 fully saturated rings. The first-order valence-corrected chi connectivity index (χ1v) is 6.88. The van der Waals surface area contributed by atoms with E-state index in [4.69, 9.17) is 20.4 Å². The Morgan fingerprint density at radius 2 is 1.90 bits per heavy atom. The minimum absolute atomic E-state index is 0.398. The first-order chi connectivity index (χ1) is 10.2. The lowest BCUT2D eigenvalue weighted by Crippen LogP contribution is -2.17. The van der Waals surface area contributed by atoms with Crippen LogP contribution in [-0.2, 0) is 13.1 Å². The lowest BCUT2D eigenvalue weighted by atomic mass is 10.2. The number of halogens is 1. The molecule has 0 spiro atoms. The van der Waals surface area contributed by atoms with Gasteiger partial charge in [-0.15, -0.1) is 10.2 Å². The number of rotatable bonds is 5. The molecule has 2 aromatic heterocycles.